The Balaban J connectivity index is 1.72. The SMILES string of the molecule is CCCCOc1ccc(C2c3c(oc4ccc(C)cc4c3=O)C(=O)N2c2cccc(Br)c2)cc1OC. The van der Waals surface area contributed by atoms with Crippen molar-refractivity contribution in [3.05, 3.63) is 97.8 Å². The molecule has 5 rings (SSSR count). The fourth-order valence-electron chi connectivity index (χ4n) is 4.59. The molecule has 1 aliphatic heterocycles. The number of aryl methyl sites for hydroxylation is 1. The van der Waals surface area contributed by atoms with Gasteiger partial charge in [0.2, 0.25) is 5.76 Å². The van der Waals surface area contributed by atoms with E-state index in [1.165, 1.54) is 0 Å². The normalized spacial score (nSPS) is 14.8. The molecule has 1 aromatic heterocycles. The summed E-state index contributed by atoms with van der Waals surface area (Å²) in [6.07, 6.45) is 1.95. The van der Waals surface area contributed by atoms with Gasteiger partial charge in [0.15, 0.2) is 16.9 Å². The molecule has 6 nitrogen and oxygen atoms in total. The number of hydrogen-bond donors (Lipinski definition) is 0. The molecule has 2 heterocycles. The van der Waals surface area contributed by atoms with Crippen molar-refractivity contribution in [2.45, 2.75) is 32.7 Å². The van der Waals surface area contributed by atoms with Crippen LogP contribution >= 0.6 is 15.9 Å². The lowest BCUT2D eigenvalue weighted by atomic mass is 9.97. The minimum Gasteiger partial charge on any atom is -0.493 e. The Morgan fingerprint density at radius 1 is 1.03 bits per heavy atom. The Hall–Kier alpha value is -3.58. The van der Waals surface area contributed by atoms with E-state index in [4.69, 9.17) is 13.9 Å². The van der Waals surface area contributed by atoms with E-state index in [2.05, 4.69) is 22.9 Å². The number of benzene rings is 3. The van der Waals surface area contributed by atoms with Crippen LogP contribution in [-0.2, 0) is 0 Å². The van der Waals surface area contributed by atoms with Crippen molar-refractivity contribution < 1.29 is 18.7 Å². The van der Waals surface area contributed by atoms with Gasteiger partial charge in [-0.25, -0.2) is 0 Å². The number of methoxy groups -OCH3 is 1. The van der Waals surface area contributed by atoms with Crippen molar-refractivity contribution in [2.24, 2.45) is 0 Å². The molecule has 1 atom stereocenters. The van der Waals surface area contributed by atoms with Gasteiger partial charge in [-0.15, -0.1) is 0 Å². The van der Waals surface area contributed by atoms with Crippen molar-refractivity contribution in [3.8, 4) is 11.5 Å². The highest BCUT2D eigenvalue weighted by Crippen LogP contribution is 2.43. The lowest BCUT2D eigenvalue weighted by Crippen LogP contribution is -2.29. The van der Waals surface area contributed by atoms with Crippen LogP contribution in [-0.4, -0.2) is 19.6 Å². The van der Waals surface area contributed by atoms with Crippen molar-refractivity contribution in [3.63, 3.8) is 0 Å². The van der Waals surface area contributed by atoms with Crippen molar-refractivity contribution >= 4 is 38.5 Å². The fourth-order valence-corrected chi connectivity index (χ4v) is 4.98. The highest BCUT2D eigenvalue weighted by atomic mass is 79.9. The minimum absolute atomic E-state index is 0.0589. The minimum atomic E-state index is -0.693. The molecule has 184 valence electrons. The molecule has 7 heteroatoms. The maximum absolute atomic E-state index is 13.8. The molecule has 0 fully saturated rings. The van der Waals surface area contributed by atoms with E-state index in [0.717, 1.165) is 28.4 Å². The molecule has 1 unspecified atom stereocenters. The van der Waals surface area contributed by atoms with Gasteiger partial charge in [-0.1, -0.05) is 53.0 Å². The van der Waals surface area contributed by atoms with Crippen LogP contribution < -0.4 is 19.8 Å². The van der Waals surface area contributed by atoms with E-state index < -0.39 is 6.04 Å². The quantitative estimate of drug-likeness (QED) is 0.238. The monoisotopic (exact) mass is 547 g/mol. The molecule has 3 aromatic carbocycles. The predicted octanol–water partition coefficient (Wildman–Crippen LogP) is 6.80. The van der Waals surface area contributed by atoms with Crippen LogP contribution in [0.15, 0.2) is 74.3 Å². The van der Waals surface area contributed by atoms with Crippen LogP contribution in [0.25, 0.3) is 11.0 Å². The van der Waals surface area contributed by atoms with E-state index in [-0.39, 0.29) is 17.1 Å². The Morgan fingerprint density at radius 2 is 1.86 bits per heavy atom. The standard InChI is InChI=1S/C29H26BrNO5/c1-4-5-13-35-23-12-10-18(15-24(23)34-3)26-25-27(32)21-14-17(2)9-11-22(21)36-28(25)29(33)31(26)20-8-6-7-19(30)16-20/h6-12,14-16,26H,4-5,13H2,1-3H3. The first kappa shape index (κ1) is 24.1. The summed E-state index contributed by atoms with van der Waals surface area (Å²) in [4.78, 5) is 29.2. The van der Waals surface area contributed by atoms with Gasteiger partial charge in [0, 0.05) is 10.2 Å². The molecule has 0 N–H and O–H groups in total. The van der Waals surface area contributed by atoms with E-state index >= 15 is 0 Å². The number of amides is 1. The molecular formula is C29H26BrNO5. The van der Waals surface area contributed by atoms with Gasteiger partial charge in [0.05, 0.1) is 30.7 Å². The van der Waals surface area contributed by atoms with Crippen LogP contribution in [0, 0.1) is 6.92 Å². The Bertz CT molecular complexity index is 1530. The fraction of sp³-hybridized carbons (Fsp3) is 0.241. The molecule has 0 saturated heterocycles. The van der Waals surface area contributed by atoms with Crippen LogP contribution in [0.4, 0.5) is 5.69 Å². The van der Waals surface area contributed by atoms with Crippen molar-refractivity contribution in [1.29, 1.82) is 0 Å². The van der Waals surface area contributed by atoms with Gasteiger partial charge >= 0.3 is 0 Å². The van der Waals surface area contributed by atoms with Gasteiger partial charge in [-0.05, 0) is 61.4 Å². The molecule has 0 saturated carbocycles. The Morgan fingerprint density at radius 3 is 2.61 bits per heavy atom. The lowest BCUT2D eigenvalue weighted by molar-refractivity contribution is 0.0971. The second-order valence-corrected chi connectivity index (χ2v) is 9.76. The first-order valence-corrected chi connectivity index (χ1v) is 12.7. The second kappa shape index (κ2) is 9.82. The largest absolute Gasteiger partial charge is 0.493 e. The van der Waals surface area contributed by atoms with Crippen LogP contribution in [0.3, 0.4) is 0 Å². The number of nitrogens with zero attached hydrogens (tertiary/aromatic N) is 1. The predicted molar refractivity (Wildman–Crippen MR) is 143 cm³/mol. The summed E-state index contributed by atoms with van der Waals surface area (Å²) in [5.41, 5.74) is 2.81. The molecule has 1 amide bonds. The molecule has 1 aliphatic rings. The number of hydrogen-bond acceptors (Lipinski definition) is 5. The Kier molecular flexibility index (Phi) is 6.58. The average molecular weight is 548 g/mol. The zero-order valence-electron chi connectivity index (χ0n) is 20.3. The van der Waals surface area contributed by atoms with Gasteiger partial charge in [-0.2, -0.15) is 0 Å². The number of fused-ring (bicyclic) bond motifs is 2. The second-order valence-electron chi connectivity index (χ2n) is 8.84. The van der Waals surface area contributed by atoms with Gasteiger partial charge < -0.3 is 13.9 Å². The van der Waals surface area contributed by atoms with Crippen LogP contribution in [0.1, 0.15) is 53.1 Å². The molecular weight excluding hydrogens is 522 g/mol. The summed E-state index contributed by atoms with van der Waals surface area (Å²) >= 11 is 3.50. The summed E-state index contributed by atoms with van der Waals surface area (Å²) in [5, 5.41) is 0.453. The smallest absolute Gasteiger partial charge is 0.295 e. The molecule has 0 aliphatic carbocycles. The third-order valence-electron chi connectivity index (χ3n) is 6.37. The summed E-state index contributed by atoms with van der Waals surface area (Å²) in [7, 11) is 1.58. The van der Waals surface area contributed by atoms with E-state index in [0.29, 0.717) is 40.3 Å². The van der Waals surface area contributed by atoms with E-state index in [1.807, 2.05) is 55.5 Å². The van der Waals surface area contributed by atoms with E-state index in [1.54, 1.807) is 24.1 Å². The zero-order chi connectivity index (χ0) is 25.4. The third-order valence-corrected chi connectivity index (χ3v) is 6.86. The van der Waals surface area contributed by atoms with Gasteiger partial charge in [-0.3, -0.25) is 14.5 Å². The number of ether oxygens (including phenoxy) is 2. The maximum atomic E-state index is 13.8. The molecule has 4 aromatic rings. The van der Waals surface area contributed by atoms with Gasteiger partial charge in [0.25, 0.3) is 5.91 Å². The lowest BCUT2D eigenvalue weighted by Gasteiger charge is -2.26. The van der Waals surface area contributed by atoms with Crippen molar-refractivity contribution in [2.75, 3.05) is 18.6 Å². The highest BCUT2D eigenvalue weighted by molar-refractivity contribution is 9.10. The van der Waals surface area contributed by atoms with Crippen molar-refractivity contribution in [1.82, 2.24) is 0 Å². The first-order valence-electron chi connectivity index (χ1n) is 11.9. The topological polar surface area (TPSA) is 69.0 Å². The number of unbranched alkanes of at least 4 members (excludes halogenated alkanes) is 1. The third kappa shape index (κ3) is 4.17. The zero-order valence-corrected chi connectivity index (χ0v) is 21.9. The number of anilines is 1. The summed E-state index contributed by atoms with van der Waals surface area (Å²) < 4.78 is 18.4. The highest BCUT2D eigenvalue weighted by Gasteiger charge is 2.44. The maximum Gasteiger partial charge on any atom is 0.295 e. The van der Waals surface area contributed by atoms with Gasteiger partial charge in [0.1, 0.15) is 5.58 Å². The summed E-state index contributed by atoms with van der Waals surface area (Å²) in [6, 6.07) is 17.7. The van der Waals surface area contributed by atoms with Crippen LogP contribution in [0.2, 0.25) is 0 Å². The van der Waals surface area contributed by atoms with Crippen LogP contribution in [0.5, 0.6) is 11.5 Å². The average Bonchev–Trinajstić information content (AvgIpc) is 3.17. The number of rotatable bonds is 7. The van der Waals surface area contributed by atoms with E-state index in [9.17, 15) is 9.59 Å². The summed E-state index contributed by atoms with van der Waals surface area (Å²) in [5.74, 6) is 0.854. The number of halogens is 1. The Labute approximate surface area is 217 Å². The first-order chi connectivity index (χ1) is 17.4. The molecule has 36 heavy (non-hydrogen) atoms. The molecule has 0 radical (unpaired) electrons. The molecule has 0 spiro atoms. The number of carbonyl (C=O) groups is 1. The number of carbonyl (C=O) groups excluding carboxylic acids is 1. The summed E-state index contributed by atoms with van der Waals surface area (Å²) in [6.45, 7) is 4.60. The molecule has 0 bridgehead atoms.